The van der Waals surface area contributed by atoms with Crippen LogP contribution in [0.2, 0.25) is 0 Å². The second kappa shape index (κ2) is 5.36. The first-order valence-corrected chi connectivity index (χ1v) is 7.01. The quantitative estimate of drug-likeness (QED) is 0.771. The lowest BCUT2D eigenvalue weighted by Gasteiger charge is -2.03. The standard InChI is InChI=1S/C13H19NO3S/c1-7-5-10(7)6-17-13(15)11-8(2)14-12(18-11)9(3)16-4/h7,9-10H,5-6H2,1-4H3. The van der Waals surface area contributed by atoms with Crippen molar-refractivity contribution in [2.24, 2.45) is 11.8 Å². The highest BCUT2D eigenvalue weighted by Crippen LogP contribution is 2.38. The van der Waals surface area contributed by atoms with Crippen molar-refractivity contribution >= 4 is 17.3 Å². The van der Waals surface area contributed by atoms with Crippen molar-refractivity contribution in [1.82, 2.24) is 4.98 Å². The molecule has 0 aromatic carbocycles. The predicted molar refractivity (Wildman–Crippen MR) is 69.8 cm³/mol. The predicted octanol–water partition coefficient (Wildman–Crippen LogP) is 2.97. The van der Waals surface area contributed by atoms with Crippen molar-refractivity contribution < 1.29 is 14.3 Å². The first kappa shape index (κ1) is 13.5. The van der Waals surface area contributed by atoms with Gasteiger partial charge in [-0.05, 0) is 32.1 Å². The number of esters is 1. The molecule has 1 aliphatic rings. The van der Waals surface area contributed by atoms with E-state index < -0.39 is 0 Å². The summed E-state index contributed by atoms with van der Waals surface area (Å²) in [6, 6.07) is 0. The molecule has 1 aromatic heterocycles. The zero-order valence-electron chi connectivity index (χ0n) is 11.2. The average Bonchev–Trinajstić information content (AvgIpc) is 2.91. The largest absolute Gasteiger partial charge is 0.461 e. The molecule has 18 heavy (non-hydrogen) atoms. The number of aromatic nitrogens is 1. The number of hydrogen-bond donors (Lipinski definition) is 0. The van der Waals surface area contributed by atoms with E-state index in [0.717, 1.165) is 10.7 Å². The minimum Gasteiger partial charge on any atom is -0.461 e. The Balaban J connectivity index is 1.98. The first-order chi connectivity index (χ1) is 8.52. The fraction of sp³-hybridized carbons (Fsp3) is 0.692. The minimum absolute atomic E-state index is 0.0845. The highest BCUT2D eigenvalue weighted by atomic mass is 32.1. The van der Waals surface area contributed by atoms with Gasteiger partial charge in [0.15, 0.2) is 0 Å². The van der Waals surface area contributed by atoms with Crippen LogP contribution in [-0.4, -0.2) is 24.7 Å². The zero-order chi connectivity index (χ0) is 13.3. The van der Waals surface area contributed by atoms with Gasteiger partial charge in [0.05, 0.1) is 12.3 Å². The fourth-order valence-electron chi connectivity index (χ4n) is 1.76. The van der Waals surface area contributed by atoms with Crippen LogP contribution < -0.4 is 0 Å². The van der Waals surface area contributed by atoms with Crippen molar-refractivity contribution in [1.29, 1.82) is 0 Å². The van der Waals surface area contributed by atoms with E-state index in [9.17, 15) is 4.79 Å². The van der Waals surface area contributed by atoms with Crippen molar-refractivity contribution in [3.05, 3.63) is 15.6 Å². The third-order valence-corrected chi connectivity index (χ3v) is 4.70. The summed E-state index contributed by atoms with van der Waals surface area (Å²) < 4.78 is 10.5. The van der Waals surface area contributed by atoms with Crippen LogP contribution >= 0.6 is 11.3 Å². The maximum absolute atomic E-state index is 11.9. The highest BCUT2D eigenvalue weighted by Gasteiger charge is 2.34. The van der Waals surface area contributed by atoms with E-state index in [4.69, 9.17) is 9.47 Å². The topological polar surface area (TPSA) is 48.4 Å². The minimum atomic E-state index is -0.251. The Labute approximate surface area is 111 Å². The van der Waals surface area contributed by atoms with Gasteiger partial charge in [-0.1, -0.05) is 6.92 Å². The molecular weight excluding hydrogens is 250 g/mol. The molecule has 0 bridgehead atoms. The lowest BCUT2D eigenvalue weighted by Crippen LogP contribution is -2.07. The van der Waals surface area contributed by atoms with E-state index in [0.29, 0.717) is 23.3 Å². The Bertz CT molecular complexity index is 443. The molecule has 0 saturated heterocycles. The number of nitrogens with zero attached hydrogens (tertiary/aromatic N) is 1. The molecule has 4 nitrogen and oxygen atoms in total. The number of methoxy groups -OCH3 is 1. The summed E-state index contributed by atoms with van der Waals surface area (Å²) >= 11 is 1.36. The van der Waals surface area contributed by atoms with Crippen molar-refractivity contribution in [2.75, 3.05) is 13.7 Å². The summed E-state index contributed by atoms with van der Waals surface area (Å²) in [6.45, 7) is 6.46. The van der Waals surface area contributed by atoms with Crippen LogP contribution in [0.4, 0.5) is 0 Å². The van der Waals surface area contributed by atoms with Crippen molar-refractivity contribution in [3.8, 4) is 0 Å². The molecule has 0 amide bonds. The molecule has 1 fully saturated rings. The normalized spacial score (nSPS) is 23.8. The maximum atomic E-state index is 11.9. The lowest BCUT2D eigenvalue weighted by molar-refractivity contribution is 0.0486. The third kappa shape index (κ3) is 2.90. The Kier molecular flexibility index (Phi) is 4.02. The number of aryl methyl sites for hydroxylation is 1. The summed E-state index contributed by atoms with van der Waals surface area (Å²) in [5, 5.41) is 0.821. The third-order valence-electron chi connectivity index (χ3n) is 3.40. The average molecular weight is 269 g/mol. The summed E-state index contributed by atoms with van der Waals surface area (Å²) in [7, 11) is 1.63. The number of rotatable bonds is 5. The molecule has 3 atom stereocenters. The molecule has 0 radical (unpaired) electrons. The summed E-state index contributed by atoms with van der Waals surface area (Å²) in [6.07, 6.45) is 1.08. The van der Waals surface area contributed by atoms with Gasteiger partial charge in [0.1, 0.15) is 16.0 Å². The van der Waals surface area contributed by atoms with Gasteiger partial charge < -0.3 is 9.47 Å². The molecule has 2 rings (SSSR count). The molecule has 1 aliphatic carbocycles. The van der Waals surface area contributed by atoms with Gasteiger partial charge in [0.25, 0.3) is 0 Å². The lowest BCUT2D eigenvalue weighted by atomic mass is 10.3. The van der Waals surface area contributed by atoms with Crippen LogP contribution in [0.25, 0.3) is 0 Å². The summed E-state index contributed by atoms with van der Waals surface area (Å²) in [4.78, 5) is 16.9. The fourth-order valence-corrected chi connectivity index (χ4v) is 2.75. The van der Waals surface area contributed by atoms with Crippen LogP contribution in [0.1, 0.15) is 46.7 Å². The van der Waals surface area contributed by atoms with Gasteiger partial charge in [-0.3, -0.25) is 0 Å². The molecule has 1 aromatic rings. The van der Waals surface area contributed by atoms with Gasteiger partial charge in [-0.15, -0.1) is 11.3 Å². The van der Waals surface area contributed by atoms with Crippen LogP contribution in [0.15, 0.2) is 0 Å². The summed E-state index contributed by atoms with van der Waals surface area (Å²) in [5.74, 6) is 1.00. The maximum Gasteiger partial charge on any atom is 0.350 e. The van der Waals surface area contributed by atoms with Crippen molar-refractivity contribution in [2.45, 2.75) is 33.3 Å². The van der Waals surface area contributed by atoms with E-state index in [2.05, 4.69) is 11.9 Å². The van der Waals surface area contributed by atoms with E-state index in [1.807, 2.05) is 13.8 Å². The van der Waals surface area contributed by atoms with Crippen LogP contribution in [0.3, 0.4) is 0 Å². The number of thiazole rings is 1. The SMILES string of the molecule is COC(C)c1nc(C)c(C(=O)OCC2CC2C)s1. The molecule has 1 saturated carbocycles. The van der Waals surface area contributed by atoms with Gasteiger partial charge >= 0.3 is 5.97 Å². The van der Waals surface area contributed by atoms with Crippen LogP contribution in [0.5, 0.6) is 0 Å². The second-order valence-corrected chi connectivity index (χ2v) is 5.95. The molecule has 100 valence electrons. The van der Waals surface area contributed by atoms with E-state index >= 15 is 0 Å². The second-order valence-electron chi connectivity index (χ2n) is 4.92. The van der Waals surface area contributed by atoms with E-state index in [-0.39, 0.29) is 12.1 Å². The number of hydrogen-bond acceptors (Lipinski definition) is 5. The molecule has 3 unspecified atom stereocenters. The summed E-state index contributed by atoms with van der Waals surface area (Å²) in [5.41, 5.74) is 0.729. The number of carbonyl (C=O) groups excluding carboxylic acids is 1. The molecular formula is C13H19NO3S. The zero-order valence-corrected chi connectivity index (χ0v) is 12.0. The van der Waals surface area contributed by atoms with E-state index in [1.54, 1.807) is 7.11 Å². The Morgan fingerprint density at radius 2 is 2.28 bits per heavy atom. The number of carbonyl (C=O) groups is 1. The van der Waals surface area contributed by atoms with Crippen LogP contribution in [0, 0.1) is 18.8 Å². The molecule has 0 aliphatic heterocycles. The van der Waals surface area contributed by atoms with Gasteiger partial charge in [-0.25, -0.2) is 9.78 Å². The van der Waals surface area contributed by atoms with Gasteiger partial charge in [-0.2, -0.15) is 0 Å². The van der Waals surface area contributed by atoms with Crippen LogP contribution in [-0.2, 0) is 9.47 Å². The molecule has 0 spiro atoms. The Morgan fingerprint density at radius 3 is 2.83 bits per heavy atom. The monoisotopic (exact) mass is 269 g/mol. The molecule has 5 heteroatoms. The van der Waals surface area contributed by atoms with Gasteiger partial charge in [0, 0.05) is 7.11 Å². The van der Waals surface area contributed by atoms with Crippen molar-refractivity contribution in [3.63, 3.8) is 0 Å². The van der Waals surface area contributed by atoms with E-state index in [1.165, 1.54) is 17.8 Å². The smallest absolute Gasteiger partial charge is 0.350 e. The molecule has 1 heterocycles. The van der Waals surface area contributed by atoms with Gasteiger partial charge in [0.2, 0.25) is 0 Å². The Morgan fingerprint density at radius 1 is 1.61 bits per heavy atom. The highest BCUT2D eigenvalue weighted by molar-refractivity contribution is 7.13. The number of ether oxygens (including phenoxy) is 2. The Hall–Kier alpha value is -0.940. The molecule has 0 N–H and O–H groups in total. The first-order valence-electron chi connectivity index (χ1n) is 6.20.